The van der Waals surface area contributed by atoms with Gasteiger partial charge in [-0.3, -0.25) is 0 Å². The minimum Gasteiger partial charge on any atom is -0.380 e. The first-order valence-electron chi connectivity index (χ1n) is 4.18. The van der Waals surface area contributed by atoms with Crippen LogP contribution in [0.4, 0.5) is 0 Å². The summed E-state index contributed by atoms with van der Waals surface area (Å²) in [7, 11) is 0. The second-order valence-corrected chi connectivity index (χ2v) is 4.34. The highest BCUT2D eigenvalue weighted by Gasteiger charge is 2.26. The smallest absolute Gasteiger partial charge is 0.0539 e. The van der Waals surface area contributed by atoms with Gasteiger partial charge >= 0.3 is 0 Å². The van der Waals surface area contributed by atoms with Crippen molar-refractivity contribution in [2.24, 2.45) is 11.3 Å². The maximum atomic E-state index is 4.94. The van der Waals surface area contributed by atoms with Crippen LogP contribution in [0, 0.1) is 11.3 Å². The molecule has 2 aliphatic rings. The topological polar surface area (TPSA) is 9.23 Å². The zero-order valence-electron chi connectivity index (χ0n) is 7.31. The quantitative estimate of drug-likeness (QED) is 0.505. The summed E-state index contributed by atoms with van der Waals surface area (Å²) in [5, 5.41) is 0. The molecule has 1 heteroatoms. The van der Waals surface area contributed by atoms with Crippen molar-refractivity contribution >= 4 is 0 Å². The third kappa shape index (κ3) is 3.21. The normalized spacial score (nSPS) is 27.9. The molecule has 10 heavy (non-hydrogen) atoms. The molecule has 0 spiro atoms. The Morgan fingerprint density at radius 2 is 1.50 bits per heavy atom. The van der Waals surface area contributed by atoms with E-state index >= 15 is 0 Å². The van der Waals surface area contributed by atoms with Crippen LogP contribution >= 0.6 is 0 Å². The van der Waals surface area contributed by atoms with Crippen LogP contribution in [0.1, 0.15) is 33.6 Å². The van der Waals surface area contributed by atoms with E-state index in [2.05, 4.69) is 20.8 Å². The van der Waals surface area contributed by atoms with E-state index in [1.54, 1.807) is 0 Å². The van der Waals surface area contributed by atoms with E-state index in [-0.39, 0.29) is 0 Å². The molecule has 1 aliphatic heterocycles. The molecule has 0 bridgehead atoms. The summed E-state index contributed by atoms with van der Waals surface area (Å²) in [5.41, 5.74) is 0.500. The average molecular weight is 142 g/mol. The molecule has 2 rings (SSSR count). The monoisotopic (exact) mass is 142 g/mol. The first-order valence-corrected chi connectivity index (χ1v) is 4.18. The van der Waals surface area contributed by atoms with E-state index < -0.39 is 0 Å². The van der Waals surface area contributed by atoms with E-state index in [1.807, 2.05) is 0 Å². The Balaban J connectivity index is 0.000000108. The summed E-state index contributed by atoms with van der Waals surface area (Å²) in [4.78, 5) is 0. The molecule has 1 aliphatic carbocycles. The van der Waals surface area contributed by atoms with Gasteiger partial charge in [0, 0.05) is 5.41 Å². The minimum atomic E-state index is 0.500. The van der Waals surface area contributed by atoms with Gasteiger partial charge in [-0.05, 0) is 5.92 Å². The number of rotatable bonds is 0. The van der Waals surface area contributed by atoms with Gasteiger partial charge < -0.3 is 4.74 Å². The molecule has 0 atom stereocenters. The fourth-order valence-electron chi connectivity index (χ4n) is 0.677. The summed E-state index contributed by atoms with van der Waals surface area (Å²) in [5.74, 6) is 1.08. The zero-order chi connectivity index (χ0) is 7.61. The lowest BCUT2D eigenvalue weighted by Crippen LogP contribution is -2.36. The van der Waals surface area contributed by atoms with E-state index in [0.717, 1.165) is 19.1 Å². The Morgan fingerprint density at radius 3 is 1.50 bits per heavy atom. The van der Waals surface area contributed by atoms with Crippen molar-refractivity contribution < 1.29 is 4.74 Å². The SMILES string of the molecule is CC1(C)COC1.CC1CC1. The lowest BCUT2D eigenvalue weighted by Gasteiger charge is -2.33. The molecule has 60 valence electrons. The summed E-state index contributed by atoms with van der Waals surface area (Å²) in [6.45, 7) is 8.59. The van der Waals surface area contributed by atoms with Gasteiger partial charge in [0.25, 0.3) is 0 Å². The van der Waals surface area contributed by atoms with Gasteiger partial charge in [0.1, 0.15) is 0 Å². The molecular formula is C9H18O. The molecular weight excluding hydrogens is 124 g/mol. The minimum absolute atomic E-state index is 0.500. The maximum absolute atomic E-state index is 4.94. The largest absolute Gasteiger partial charge is 0.380 e. The molecule has 1 saturated heterocycles. The highest BCUT2D eigenvalue weighted by molar-refractivity contribution is 4.73. The fraction of sp³-hybridized carbons (Fsp3) is 1.00. The van der Waals surface area contributed by atoms with E-state index in [1.165, 1.54) is 12.8 Å². The van der Waals surface area contributed by atoms with Crippen LogP contribution in [0.15, 0.2) is 0 Å². The molecule has 0 N–H and O–H groups in total. The van der Waals surface area contributed by atoms with E-state index in [4.69, 9.17) is 4.74 Å². The van der Waals surface area contributed by atoms with Crippen molar-refractivity contribution in [3.05, 3.63) is 0 Å². The van der Waals surface area contributed by atoms with Crippen LogP contribution in [-0.2, 0) is 4.74 Å². The molecule has 0 amide bonds. The lowest BCUT2D eigenvalue weighted by molar-refractivity contribution is -0.0892. The van der Waals surface area contributed by atoms with Crippen LogP contribution in [0.2, 0.25) is 0 Å². The molecule has 0 radical (unpaired) electrons. The summed E-state index contributed by atoms with van der Waals surface area (Å²) in [6.07, 6.45) is 2.97. The Labute approximate surface area is 63.8 Å². The van der Waals surface area contributed by atoms with Crippen LogP contribution in [-0.4, -0.2) is 13.2 Å². The summed E-state index contributed by atoms with van der Waals surface area (Å²) >= 11 is 0. The third-order valence-corrected chi connectivity index (χ3v) is 1.85. The van der Waals surface area contributed by atoms with Crippen LogP contribution in [0.3, 0.4) is 0 Å². The predicted molar refractivity (Wildman–Crippen MR) is 43.0 cm³/mol. The number of ether oxygens (including phenoxy) is 1. The van der Waals surface area contributed by atoms with Gasteiger partial charge in [-0.25, -0.2) is 0 Å². The second-order valence-electron chi connectivity index (χ2n) is 4.34. The van der Waals surface area contributed by atoms with E-state index in [9.17, 15) is 0 Å². The predicted octanol–water partition coefficient (Wildman–Crippen LogP) is 2.46. The maximum Gasteiger partial charge on any atom is 0.0539 e. The molecule has 2 fully saturated rings. The molecule has 0 aromatic rings. The Kier molecular flexibility index (Phi) is 2.35. The average Bonchev–Trinajstić information content (AvgIpc) is 2.49. The second kappa shape index (κ2) is 2.91. The van der Waals surface area contributed by atoms with Gasteiger partial charge in [-0.1, -0.05) is 33.6 Å². The lowest BCUT2D eigenvalue weighted by atomic mass is 9.92. The van der Waals surface area contributed by atoms with Gasteiger partial charge in [-0.15, -0.1) is 0 Å². The molecule has 0 unspecified atom stereocenters. The van der Waals surface area contributed by atoms with Crippen molar-refractivity contribution in [3.8, 4) is 0 Å². The van der Waals surface area contributed by atoms with Crippen molar-refractivity contribution in [1.82, 2.24) is 0 Å². The molecule has 1 saturated carbocycles. The third-order valence-electron chi connectivity index (χ3n) is 1.85. The highest BCUT2D eigenvalue weighted by Crippen LogP contribution is 2.26. The summed E-state index contributed by atoms with van der Waals surface area (Å²) in [6, 6.07) is 0. The molecule has 0 aromatic carbocycles. The van der Waals surface area contributed by atoms with Crippen molar-refractivity contribution in [1.29, 1.82) is 0 Å². The molecule has 1 heterocycles. The Morgan fingerprint density at radius 1 is 1.20 bits per heavy atom. The fourth-order valence-corrected chi connectivity index (χ4v) is 0.677. The Hall–Kier alpha value is -0.0400. The van der Waals surface area contributed by atoms with Crippen LogP contribution in [0.25, 0.3) is 0 Å². The van der Waals surface area contributed by atoms with Gasteiger partial charge in [-0.2, -0.15) is 0 Å². The first kappa shape index (κ1) is 8.06. The zero-order valence-corrected chi connectivity index (χ0v) is 7.31. The Bertz CT molecular complexity index is 97.3. The van der Waals surface area contributed by atoms with Crippen molar-refractivity contribution in [2.75, 3.05) is 13.2 Å². The van der Waals surface area contributed by atoms with Gasteiger partial charge in [0.05, 0.1) is 13.2 Å². The summed E-state index contributed by atoms with van der Waals surface area (Å²) < 4.78 is 4.94. The van der Waals surface area contributed by atoms with Crippen LogP contribution < -0.4 is 0 Å². The highest BCUT2D eigenvalue weighted by atomic mass is 16.5. The number of hydrogen-bond acceptors (Lipinski definition) is 1. The van der Waals surface area contributed by atoms with Gasteiger partial charge in [0.15, 0.2) is 0 Å². The first-order chi connectivity index (χ1) is 4.60. The van der Waals surface area contributed by atoms with Crippen molar-refractivity contribution in [2.45, 2.75) is 33.6 Å². The van der Waals surface area contributed by atoms with E-state index in [0.29, 0.717) is 5.41 Å². The van der Waals surface area contributed by atoms with Crippen molar-refractivity contribution in [3.63, 3.8) is 0 Å². The number of hydrogen-bond donors (Lipinski definition) is 0. The molecule has 1 nitrogen and oxygen atoms in total. The molecule has 0 aromatic heterocycles. The van der Waals surface area contributed by atoms with Crippen LogP contribution in [0.5, 0.6) is 0 Å². The van der Waals surface area contributed by atoms with Gasteiger partial charge in [0.2, 0.25) is 0 Å². The standard InChI is InChI=1S/C5H10O.C4H8/c1-5(2)3-6-4-5;1-4-2-3-4/h3-4H2,1-2H3;4H,2-3H2,1H3.